The zero-order valence-corrected chi connectivity index (χ0v) is 38.7. The average Bonchev–Trinajstić information content (AvgIpc) is 3.70. The van der Waals surface area contributed by atoms with Crippen molar-refractivity contribution >= 4 is 85.9 Å². The van der Waals surface area contributed by atoms with Gasteiger partial charge < -0.3 is 39.0 Å². The molecule has 0 aromatic carbocycles. The van der Waals surface area contributed by atoms with Gasteiger partial charge in [-0.25, -0.2) is 19.2 Å². The summed E-state index contributed by atoms with van der Waals surface area (Å²) < 4.78 is 20.2. The Balaban J connectivity index is 0.000000325. The molecular formula is C40H61BrN4O10S2. The maximum Gasteiger partial charge on any atom is 0.410 e. The number of nitrogens with zero attached hydrogens (tertiary/aromatic N) is 3. The number of nitrogens with one attached hydrogen (secondary N) is 1. The standard InChI is InChI=1S/C20H30N2O5S.C11H20BrNO2.C9H11NO3S/c1-13-12-28-17(18(24)26-6)16(13)22(14(2)23)11-15-7-9-21(10-8-15)19(25)27-20(3,4)5;1-11(2,3)15-10(14)13-6-4-9(8-12)5-7-13;1-5-4-14-8(9(12)13-3)7(5)10-6(2)11/h12,15H,7-11H2,1-6H3;9H,4-8H2,1-3H3;4H,1-3H3,(H,10,11). The Hall–Kier alpha value is -3.70. The number of piperidine rings is 2. The van der Waals surface area contributed by atoms with Crippen LogP contribution in [0.15, 0.2) is 10.8 Å². The van der Waals surface area contributed by atoms with Crippen LogP contribution in [-0.4, -0.2) is 109 Å². The lowest BCUT2D eigenvalue weighted by atomic mass is 9.96. The molecule has 0 spiro atoms. The second kappa shape index (κ2) is 22.4. The van der Waals surface area contributed by atoms with Gasteiger partial charge in [-0.1, -0.05) is 15.9 Å². The number of amides is 4. The number of rotatable bonds is 7. The fourth-order valence-electron chi connectivity index (χ4n) is 5.89. The molecule has 0 radical (unpaired) electrons. The molecule has 320 valence electrons. The highest BCUT2D eigenvalue weighted by Gasteiger charge is 2.31. The largest absolute Gasteiger partial charge is 0.465 e. The van der Waals surface area contributed by atoms with Crippen LogP contribution < -0.4 is 10.2 Å². The summed E-state index contributed by atoms with van der Waals surface area (Å²) in [6.45, 7) is 21.2. The molecule has 57 heavy (non-hydrogen) atoms. The molecule has 0 bridgehead atoms. The SMILES string of the molecule is CC(C)(C)OC(=O)N1CCC(CBr)CC1.COC(=O)c1scc(C)c1N(CC1CCN(C(=O)OC(C)(C)C)CC1)C(C)=O.COC(=O)c1scc(C)c1NC(C)=O. The molecule has 0 unspecified atom stereocenters. The van der Waals surface area contributed by atoms with E-state index < -0.39 is 17.5 Å². The van der Waals surface area contributed by atoms with Crippen LogP contribution in [0.25, 0.3) is 0 Å². The Morgan fingerprint density at radius 1 is 0.737 bits per heavy atom. The van der Waals surface area contributed by atoms with Crippen LogP contribution >= 0.6 is 38.6 Å². The first-order chi connectivity index (χ1) is 26.5. The van der Waals surface area contributed by atoms with Crippen molar-refractivity contribution in [3.05, 3.63) is 31.6 Å². The summed E-state index contributed by atoms with van der Waals surface area (Å²) in [6.07, 6.45) is 3.24. The zero-order valence-electron chi connectivity index (χ0n) is 35.5. The van der Waals surface area contributed by atoms with Crippen molar-refractivity contribution in [3.8, 4) is 0 Å². The molecule has 17 heteroatoms. The predicted molar refractivity (Wildman–Crippen MR) is 228 cm³/mol. The predicted octanol–water partition coefficient (Wildman–Crippen LogP) is 8.67. The Bertz CT molecular complexity index is 1680. The summed E-state index contributed by atoms with van der Waals surface area (Å²) in [7, 11) is 2.65. The lowest BCUT2D eigenvalue weighted by Gasteiger charge is -2.35. The van der Waals surface area contributed by atoms with Crippen LogP contribution in [0.5, 0.6) is 0 Å². The highest BCUT2D eigenvalue weighted by molar-refractivity contribution is 9.09. The fraction of sp³-hybridized carbons (Fsp3) is 0.650. The van der Waals surface area contributed by atoms with Crippen molar-refractivity contribution in [1.29, 1.82) is 0 Å². The molecule has 2 aliphatic heterocycles. The Morgan fingerprint density at radius 3 is 1.56 bits per heavy atom. The van der Waals surface area contributed by atoms with Crippen molar-refractivity contribution in [1.82, 2.24) is 9.80 Å². The lowest BCUT2D eigenvalue weighted by molar-refractivity contribution is -0.117. The summed E-state index contributed by atoms with van der Waals surface area (Å²) in [4.78, 5) is 76.6. The van der Waals surface area contributed by atoms with Crippen LogP contribution in [0.3, 0.4) is 0 Å². The highest BCUT2D eigenvalue weighted by Crippen LogP contribution is 2.34. The van der Waals surface area contributed by atoms with Gasteiger partial charge in [-0.2, -0.15) is 0 Å². The van der Waals surface area contributed by atoms with Crippen molar-refractivity contribution in [2.24, 2.45) is 11.8 Å². The number of halogens is 1. The van der Waals surface area contributed by atoms with Crippen LogP contribution in [-0.2, 0) is 28.5 Å². The van der Waals surface area contributed by atoms with Gasteiger partial charge in [0, 0.05) is 51.9 Å². The Morgan fingerprint density at radius 2 is 1.16 bits per heavy atom. The maximum atomic E-state index is 12.4. The first-order valence-corrected chi connectivity index (χ1v) is 21.8. The maximum absolute atomic E-state index is 12.4. The van der Waals surface area contributed by atoms with Gasteiger partial charge in [0.25, 0.3) is 0 Å². The molecule has 4 rings (SSSR count). The third-order valence-corrected chi connectivity index (χ3v) is 11.9. The first kappa shape index (κ1) is 49.4. The van der Waals surface area contributed by atoms with E-state index in [0.717, 1.165) is 55.2 Å². The number of ether oxygens (including phenoxy) is 4. The van der Waals surface area contributed by atoms with Gasteiger partial charge in [0.1, 0.15) is 21.0 Å². The minimum absolute atomic E-state index is 0.110. The minimum atomic E-state index is -0.514. The molecule has 14 nitrogen and oxygen atoms in total. The quantitative estimate of drug-likeness (QED) is 0.162. The van der Waals surface area contributed by atoms with Crippen LogP contribution in [0.4, 0.5) is 21.0 Å². The molecule has 4 amide bonds. The second-order valence-electron chi connectivity index (χ2n) is 16.0. The van der Waals surface area contributed by atoms with Crippen molar-refractivity contribution < 1.29 is 47.7 Å². The average molecular weight is 902 g/mol. The number of hydrogen-bond acceptors (Lipinski definition) is 12. The monoisotopic (exact) mass is 900 g/mol. The van der Waals surface area contributed by atoms with Gasteiger partial charge in [0.15, 0.2) is 0 Å². The van der Waals surface area contributed by atoms with Gasteiger partial charge in [0.05, 0.1) is 25.6 Å². The highest BCUT2D eigenvalue weighted by atomic mass is 79.9. The zero-order chi connectivity index (χ0) is 43.2. The number of aryl methyl sites for hydroxylation is 2. The molecule has 0 aliphatic carbocycles. The first-order valence-electron chi connectivity index (χ1n) is 18.9. The molecule has 2 aliphatic rings. The summed E-state index contributed by atoms with van der Waals surface area (Å²) >= 11 is 6.03. The van der Waals surface area contributed by atoms with Crippen LogP contribution in [0.1, 0.15) is 112 Å². The Labute approximate surface area is 354 Å². The number of alkyl halides is 1. The normalized spacial score (nSPS) is 14.9. The summed E-state index contributed by atoms with van der Waals surface area (Å²) in [5.41, 5.74) is 2.04. The van der Waals surface area contributed by atoms with Gasteiger partial charge in [-0.3, -0.25) is 9.59 Å². The summed E-state index contributed by atoms with van der Waals surface area (Å²) in [5.74, 6) is -0.208. The third kappa shape index (κ3) is 16.2. The van der Waals surface area contributed by atoms with Gasteiger partial charge >= 0.3 is 24.1 Å². The number of esters is 2. The number of likely N-dealkylation sites (tertiary alicyclic amines) is 2. The van der Waals surface area contributed by atoms with E-state index in [-0.39, 0.29) is 35.5 Å². The Kier molecular flexibility index (Phi) is 19.5. The fourth-order valence-corrected chi connectivity index (χ4v) is 8.42. The van der Waals surface area contributed by atoms with Gasteiger partial charge in [0.2, 0.25) is 11.8 Å². The van der Waals surface area contributed by atoms with E-state index in [9.17, 15) is 28.8 Å². The van der Waals surface area contributed by atoms with E-state index in [0.29, 0.717) is 46.7 Å². The number of methoxy groups -OCH3 is 2. The van der Waals surface area contributed by atoms with E-state index in [4.69, 9.17) is 14.2 Å². The smallest absolute Gasteiger partial charge is 0.410 e. The third-order valence-electron chi connectivity index (χ3n) is 8.80. The molecule has 0 saturated carbocycles. The molecule has 0 atom stereocenters. The second-order valence-corrected chi connectivity index (χ2v) is 18.4. The molecule has 2 fully saturated rings. The summed E-state index contributed by atoms with van der Waals surface area (Å²) in [6, 6.07) is 0. The van der Waals surface area contributed by atoms with Crippen LogP contribution in [0, 0.1) is 25.7 Å². The lowest BCUT2D eigenvalue weighted by Crippen LogP contribution is -2.44. The molecule has 4 heterocycles. The van der Waals surface area contributed by atoms with Crippen molar-refractivity contribution in [2.75, 3.05) is 62.5 Å². The molecule has 1 N–H and O–H groups in total. The van der Waals surface area contributed by atoms with E-state index in [1.807, 2.05) is 65.7 Å². The number of anilines is 2. The van der Waals surface area contributed by atoms with E-state index in [1.54, 1.807) is 15.2 Å². The molecule has 2 aromatic rings. The molecule has 2 saturated heterocycles. The van der Waals surface area contributed by atoms with Crippen molar-refractivity contribution in [3.63, 3.8) is 0 Å². The molecule has 2 aromatic heterocycles. The topological polar surface area (TPSA) is 161 Å². The molecular weight excluding hydrogens is 840 g/mol. The number of thiophene rings is 2. The summed E-state index contributed by atoms with van der Waals surface area (Å²) in [5, 5.41) is 7.31. The minimum Gasteiger partial charge on any atom is -0.465 e. The van der Waals surface area contributed by atoms with Gasteiger partial charge in [-0.15, -0.1) is 22.7 Å². The van der Waals surface area contributed by atoms with E-state index in [2.05, 4.69) is 26.0 Å². The number of hydrogen-bond donors (Lipinski definition) is 1. The van der Waals surface area contributed by atoms with E-state index in [1.165, 1.54) is 50.7 Å². The number of carbonyl (C=O) groups is 6. The number of carbonyl (C=O) groups excluding carboxylic acids is 6. The van der Waals surface area contributed by atoms with Crippen LogP contribution in [0.2, 0.25) is 0 Å². The van der Waals surface area contributed by atoms with E-state index >= 15 is 0 Å². The van der Waals surface area contributed by atoms with Gasteiger partial charge in [-0.05, 0) is 115 Å². The van der Waals surface area contributed by atoms with Crippen molar-refractivity contribution in [2.45, 2.75) is 106 Å².